The topological polar surface area (TPSA) is 35.2 Å². The van der Waals surface area contributed by atoms with Crippen molar-refractivity contribution in [1.29, 1.82) is 0 Å². The molecule has 1 saturated heterocycles. The van der Waals surface area contributed by atoms with Crippen LogP contribution in [0.3, 0.4) is 0 Å². The van der Waals surface area contributed by atoms with Gasteiger partial charge in [0.05, 0.1) is 13.2 Å². The van der Waals surface area contributed by atoms with Crippen molar-refractivity contribution in [2.75, 3.05) is 19.8 Å². The molecule has 1 aliphatic rings. The van der Waals surface area contributed by atoms with Gasteiger partial charge in [0.1, 0.15) is 0 Å². The van der Waals surface area contributed by atoms with Crippen molar-refractivity contribution in [3.8, 4) is 0 Å². The van der Waals surface area contributed by atoms with Gasteiger partial charge in [0.2, 0.25) is 0 Å². The van der Waals surface area contributed by atoms with Gasteiger partial charge in [0, 0.05) is 22.4 Å². The van der Waals surface area contributed by atoms with E-state index in [4.69, 9.17) is 10.5 Å². The average Bonchev–Trinajstić information content (AvgIpc) is 2.24. The molecule has 16 heavy (non-hydrogen) atoms. The highest BCUT2D eigenvalue weighted by Crippen LogP contribution is 2.36. The minimum Gasteiger partial charge on any atom is -0.381 e. The lowest BCUT2D eigenvalue weighted by Gasteiger charge is -2.37. The Morgan fingerprint density at radius 3 is 2.62 bits per heavy atom. The van der Waals surface area contributed by atoms with Crippen molar-refractivity contribution in [3.63, 3.8) is 0 Å². The molecule has 1 aromatic rings. The Balaban J connectivity index is 2.22. The number of benzene rings is 1. The first kappa shape index (κ1) is 12.1. The highest BCUT2D eigenvalue weighted by Gasteiger charge is 2.33. The second-order valence-corrected chi connectivity index (χ2v) is 5.71. The van der Waals surface area contributed by atoms with Gasteiger partial charge >= 0.3 is 0 Å². The molecular formula is C13H18BrNO. The summed E-state index contributed by atoms with van der Waals surface area (Å²) in [6, 6.07) is 8.36. The first-order chi connectivity index (χ1) is 7.65. The molecule has 0 bridgehead atoms. The van der Waals surface area contributed by atoms with Crippen LogP contribution in [-0.4, -0.2) is 19.8 Å². The van der Waals surface area contributed by atoms with Crippen LogP contribution in [0.2, 0.25) is 0 Å². The molecule has 88 valence electrons. The zero-order valence-electron chi connectivity index (χ0n) is 9.58. The van der Waals surface area contributed by atoms with Crippen LogP contribution in [0.15, 0.2) is 28.7 Å². The van der Waals surface area contributed by atoms with Crippen molar-refractivity contribution in [1.82, 2.24) is 0 Å². The lowest BCUT2D eigenvalue weighted by molar-refractivity contribution is -0.0442. The van der Waals surface area contributed by atoms with Crippen molar-refractivity contribution in [2.45, 2.75) is 18.8 Å². The van der Waals surface area contributed by atoms with E-state index < -0.39 is 0 Å². The Morgan fingerprint density at radius 1 is 1.44 bits per heavy atom. The summed E-state index contributed by atoms with van der Waals surface area (Å²) in [7, 11) is 0. The Morgan fingerprint density at radius 2 is 2.12 bits per heavy atom. The van der Waals surface area contributed by atoms with Crippen molar-refractivity contribution in [3.05, 3.63) is 34.3 Å². The Bertz CT molecular complexity index is 365. The first-order valence-electron chi connectivity index (χ1n) is 5.68. The molecule has 1 heterocycles. The Labute approximate surface area is 105 Å². The molecule has 0 radical (unpaired) electrons. The lowest BCUT2D eigenvalue weighted by atomic mass is 9.75. The van der Waals surface area contributed by atoms with Crippen molar-refractivity contribution < 1.29 is 4.74 Å². The number of hydrogen-bond acceptors (Lipinski definition) is 2. The fourth-order valence-corrected chi connectivity index (χ4v) is 3.06. The minimum atomic E-state index is 0.0501. The maximum atomic E-state index is 5.97. The van der Waals surface area contributed by atoms with E-state index in [2.05, 4.69) is 41.1 Å². The van der Waals surface area contributed by atoms with Gasteiger partial charge in [-0.1, -0.05) is 41.1 Å². The third kappa shape index (κ3) is 2.31. The van der Waals surface area contributed by atoms with Crippen LogP contribution >= 0.6 is 15.9 Å². The SMILES string of the molecule is CC(CN)(CC1COC1)c1ccccc1Br. The van der Waals surface area contributed by atoms with Crippen LogP contribution in [-0.2, 0) is 10.2 Å². The molecule has 1 aromatic carbocycles. The van der Waals surface area contributed by atoms with Gasteiger partial charge in [-0.3, -0.25) is 0 Å². The van der Waals surface area contributed by atoms with Crippen LogP contribution in [0.25, 0.3) is 0 Å². The van der Waals surface area contributed by atoms with E-state index in [0.717, 1.165) is 24.1 Å². The molecule has 1 fully saturated rings. The fraction of sp³-hybridized carbons (Fsp3) is 0.538. The largest absolute Gasteiger partial charge is 0.381 e. The summed E-state index contributed by atoms with van der Waals surface area (Å²) in [5.74, 6) is 0.667. The molecule has 0 saturated carbocycles. The Kier molecular flexibility index (Phi) is 3.67. The lowest BCUT2D eigenvalue weighted by Crippen LogP contribution is -2.40. The number of hydrogen-bond donors (Lipinski definition) is 1. The van der Waals surface area contributed by atoms with Gasteiger partial charge in [-0.25, -0.2) is 0 Å². The van der Waals surface area contributed by atoms with Crippen LogP contribution < -0.4 is 5.73 Å². The predicted octanol–water partition coefficient (Wildman–Crippen LogP) is 2.70. The number of rotatable bonds is 4. The molecule has 2 nitrogen and oxygen atoms in total. The standard InChI is InChI=1S/C13H18BrNO/c1-13(9-15,6-10-7-16-8-10)11-4-2-3-5-12(11)14/h2-5,10H,6-9,15H2,1H3. The van der Waals surface area contributed by atoms with E-state index in [1.807, 2.05) is 6.07 Å². The van der Waals surface area contributed by atoms with E-state index >= 15 is 0 Å². The van der Waals surface area contributed by atoms with Crippen molar-refractivity contribution in [2.24, 2.45) is 11.7 Å². The van der Waals surface area contributed by atoms with Crippen LogP contribution in [0.1, 0.15) is 18.9 Å². The van der Waals surface area contributed by atoms with Crippen LogP contribution in [0, 0.1) is 5.92 Å². The quantitative estimate of drug-likeness (QED) is 0.922. The first-order valence-corrected chi connectivity index (χ1v) is 6.48. The van der Waals surface area contributed by atoms with Gasteiger partial charge in [-0.05, 0) is 18.1 Å². The van der Waals surface area contributed by atoms with E-state index in [0.29, 0.717) is 12.5 Å². The third-order valence-electron chi connectivity index (χ3n) is 3.42. The fourth-order valence-electron chi connectivity index (χ4n) is 2.29. The zero-order valence-corrected chi connectivity index (χ0v) is 11.2. The molecule has 0 amide bonds. The normalized spacial score (nSPS) is 20.2. The van der Waals surface area contributed by atoms with E-state index in [9.17, 15) is 0 Å². The summed E-state index contributed by atoms with van der Waals surface area (Å²) in [6.45, 7) is 4.69. The second kappa shape index (κ2) is 4.86. The molecule has 1 aliphatic heterocycles. The molecule has 2 rings (SSSR count). The molecule has 0 aliphatic carbocycles. The smallest absolute Gasteiger partial charge is 0.0516 e. The molecule has 3 heteroatoms. The summed E-state index contributed by atoms with van der Waals surface area (Å²) >= 11 is 3.62. The molecule has 0 aromatic heterocycles. The van der Waals surface area contributed by atoms with E-state index in [1.165, 1.54) is 5.56 Å². The van der Waals surface area contributed by atoms with Gasteiger partial charge in [-0.15, -0.1) is 0 Å². The summed E-state index contributed by atoms with van der Waals surface area (Å²) in [4.78, 5) is 0. The van der Waals surface area contributed by atoms with Crippen LogP contribution in [0.5, 0.6) is 0 Å². The summed E-state index contributed by atoms with van der Waals surface area (Å²) < 4.78 is 6.39. The number of halogens is 1. The molecule has 1 atom stereocenters. The minimum absolute atomic E-state index is 0.0501. The molecule has 1 unspecified atom stereocenters. The maximum Gasteiger partial charge on any atom is 0.0516 e. The molecule has 0 spiro atoms. The highest BCUT2D eigenvalue weighted by atomic mass is 79.9. The van der Waals surface area contributed by atoms with Gasteiger partial charge in [0.25, 0.3) is 0 Å². The summed E-state index contributed by atoms with van der Waals surface area (Å²) in [5, 5.41) is 0. The predicted molar refractivity (Wildman–Crippen MR) is 69.5 cm³/mol. The van der Waals surface area contributed by atoms with Gasteiger partial charge in [-0.2, -0.15) is 0 Å². The average molecular weight is 284 g/mol. The number of nitrogens with two attached hydrogens (primary N) is 1. The number of ether oxygens (including phenoxy) is 1. The van der Waals surface area contributed by atoms with E-state index in [-0.39, 0.29) is 5.41 Å². The summed E-state index contributed by atoms with van der Waals surface area (Å²) in [6.07, 6.45) is 1.10. The highest BCUT2D eigenvalue weighted by molar-refractivity contribution is 9.10. The van der Waals surface area contributed by atoms with Crippen molar-refractivity contribution >= 4 is 15.9 Å². The van der Waals surface area contributed by atoms with Gasteiger partial charge in [0.15, 0.2) is 0 Å². The molecule has 2 N–H and O–H groups in total. The second-order valence-electron chi connectivity index (χ2n) is 4.85. The van der Waals surface area contributed by atoms with E-state index in [1.54, 1.807) is 0 Å². The monoisotopic (exact) mass is 283 g/mol. The Hall–Kier alpha value is -0.380. The third-order valence-corrected chi connectivity index (χ3v) is 4.11. The zero-order chi connectivity index (χ0) is 11.6. The van der Waals surface area contributed by atoms with Crippen LogP contribution in [0.4, 0.5) is 0 Å². The maximum absolute atomic E-state index is 5.97. The summed E-state index contributed by atoms with van der Waals surface area (Å²) in [5.41, 5.74) is 7.33. The molecular weight excluding hydrogens is 266 g/mol. The van der Waals surface area contributed by atoms with Gasteiger partial charge < -0.3 is 10.5 Å².